The summed E-state index contributed by atoms with van der Waals surface area (Å²) in [6.07, 6.45) is 2.11. The fraction of sp³-hybridized carbons (Fsp3) is 0.304. The molecule has 1 aliphatic heterocycles. The molecule has 7 nitrogen and oxygen atoms in total. The van der Waals surface area contributed by atoms with E-state index < -0.39 is 0 Å². The van der Waals surface area contributed by atoms with E-state index in [2.05, 4.69) is 23.7 Å². The van der Waals surface area contributed by atoms with Gasteiger partial charge in [0.1, 0.15) is 0 Å². The maximum Gasteiger partial charge on any atom is 0.288 e. The van der Waals surface area contributed by atoms with Crippen LogP contribution in [0.1, 0.15) is 13.8 Å². The topological polar surface area (TPSA) is 69.2 Å². The number of hydrogen-bond acceptors (Lipinski definition) is 7. The summed E-state index contributed by atoms with van der Waals surface area (Å²) >= 11 is 5.50. The molecule has 0 spiro atoms. The molecule has 1 aromatic carbocycles. The van der Waals surface area contributed by atoms with Crippen LogP contribution in [0.25, 0.3) is 33.7 Å². The molecule has 0 saturated carbocycles. The highest BCUT2D eigenvalue weighted by Gasteiger charge is 2.23. The zero-order valence-corrected chi connectivity index (χ0v) is 18.2. The minimum atomic E-state index is 0.175. The monoisotopic (exact) mass is 433 g/mol. The van der Waals surface area contributed by atoms with E-state index in [1.54, 1.807) is 10.9 Å². The maximum atomic E-state index is 5.96. The van der Waals surface area contributed by atoms with Gasteiger partial charge in [-0.2, -0.15) is 0 Å². The van der Waals surface area contributed by atoms with E-state index in [0.29, 0.717) is 17.4 Å². The lowest BCUT2D eigenvalue weighted by atomic mass is 10.1. The van der Waals surface area contributed by atoms with Gasteiger partial charge in [0.2, 0.25) is 5.89 Å². The van der Waals surface area contributed by atoms with Crippen molar-refractivity contribution in [3.05, 3.63) is 59.6 Å². The molecule has 0 radical (unpaired) electrons. The van der Waals surface area contributed by atoms with Gasteiger partial charge in [-0.1, -0.05) is 24.3 Å². The van der Waals surface area contributed by atoms with Crippen LogP contribution < -0.4 is 0 Å². The Morgan fingerprint density at radius 1 is 1.03 bits per heavy atom. The van der Waals surface area contributed by atoms with Crippen LogP contribution in [0.5, 0.6) is 0 Å². The summed E-state index contributed by atoms with van der Waals surface area (Å²) in [5.74, 6) is 0.482. The molecular weight excluding hydrogens is 410 g/mol. The van der Waals surface area contributed by atoms with Gasteiger partial charge < -0.3 is 9.15 Å². The SMILES string of the molecule is C[C@H]1CN(Cn2nc(-c3cc(-c4ccccn4)nc4ccccc34)oc2=S)C[C@H](C)O1. The van der Waals surface area contributed by atoms with Crippen molar-refractivity contribution in [2.75, 3.05) is 13.1 Å². The Morgan fingerprint density at radius 2 is 1.81 bits per heavy atom. The van der Waals surface area contributed by atoms with E-state index in [1.165, 1.54) is 0 Å². The number of nitrogens with zero attached hydrogens (tertiary/aromatic N) is 5. The fourth-order valence-electron chi connectivity index (χ4n) is 4.09. The third-order valence-corrected chi connectivity index (χ3v) is 5.60. The van der Waals surface area contributed by atoms with Crippen molar-refractivity contribution in [3.8, 4) is 22.8 Å². The Bertz CT molecular complexity index is 1260. The van der Waals surface area contributed by atoms with Crippen LogP contribution in [0.15, 0.2) is 59.1 Å². The van der Waals surface area contributed by atoms with Crippen molar-refractivity contribution in [2.45, 2.75) is 32.7 Å². The summed E-state index contributed by atoms with van der Waals surface area (Å²) in [5.41, 5.74) is 3.26. The van der Waals surface area contributed by atoms with Crippen molar-refractivity contribution in [3.63, 3.8) is 0 Å². The Morgan fingerprint density at radius 3 is 2.58 bits per heavy atom. The number of para-hydroxylation sites is 1. The highest BCUT2D eigenvalue weighted by atomic mass is 32.1. The van der Waals surface area contributed by atoms with Crippen molar-refractivity contribution in [1.29, 1.82) is 0 Å². The maximum absolute atomic E-state index is 5.96. The molecule has 0 bridgehead atoms. The van der Waals surface area contributed by atoms with Crippen molar-refractivity contribution in [1.82, 2.24) is 24.6 Å². The predicted octanol–water partition coefficient (Wildman–Crippen LogP) is 4.55. The van der Waals surface area contributed by atoms with Gasteiger partial charge in [0.15, 0.2) is 0 Å². The van der Waals surface area contributed by atoms with E-state index in [0.717, 1.165) is 40.9 Å². The van der Waals surface area contributed by atoms with Crippen LogP contribution in [0.3, 0.4) is 0 Å². The molecule has 0 aliphatic carbocycles. The molecule has 0 N–H and O–H groups in total. The standard InChI is InChI=1S/C23H23N5O2S/c1-15-12-27(13-16(2)29-15)14-28-23(31)30-22(26-28)18-11-21(20-9-5-6-10-24-20)25-19-8-4-3-7-17(18)19/h3-11,15-16H,12-14H2,1-2H3/t15-,16-/m0/s1. The summed E-state index contributed by atoms with van der Waals surface area (Å²) in [7, 11) is 0. The predicted molar refractivity (Wildman–Crippen MR) is 121 cm³/mol. The molecule has 4 aromatic rings. The number of aromatic nitrogens is 4. The normalized spacial score (nSPS) is 19.7. The molecule has 4 heterocycles. The zero-order chi connectivity index (χ0) is 21.4. The minimum Gasteiger partial charge on any atom is -0.409 e. The van der Waals surface area contributed by atoms with Gasteiger partial charge in [-0.05, 0) is 50.3 Å². The smallest absolute Gasteiger partial charge is 0.288 e. The average Bonchev–Trinajstić information content (AvgIpc) is 3.13. The second kappa shape index (κ2) is 8.30. The van der Waals surface area contributed by atoms with E-state index in [1.807, 2.05) is 48.5 Å². The quantitative estimate of drug-likeness (QED) is 0.437. The third kappa shape index (κ3) is 4.14. The molecule has 2 atom stereocenters. The lowest BCUT2D eigenvalue weighted by molar-refractivity contribution is -0.0778. The summed E-state index contributed by atoms with van der Waals surface area (Å²) < 4.78 is 13.5. The van der Waals surface area contributed by atoms with Gasteiger partial charge in [-0.15, -0.1) is 5.10 Å². The Balaban J connectivity index is 1.55. The molecule has 0 unspecified atom stereocenters. The molecule has 158 valence electrons. The number of hydrogen-bond donors (Lipinski definition) is 0. The molecule has 1 aliphatic rings. The van der Waals surface area contributed by atoms with Crippen LogP contribution in [0.2, 0.25) is 0 Å². The number of rotatable bonds is 4. The molecule has 31 heavy (non-hydrogen) atoms. The summed E-state index contributed by atoms with van der Waals surface area (Å²) in [6, 6.07) is 15.7. The number of morpholine rings is 1. The van der Waals surface area contributed by atoms with Gasteiger partial charge in [0.25, 0.3) is 4.84 Å². The molecule has 1 fully saturated rings. The van der Waals surface area contributed by atoms with Crippen LogP contribution in [-0.2, 0) is 11.4 Å². The number of benzene rings is 1. The molecule has 8 heteroatoms. The first-order chi connectivity index (χ1) is 15.1. The second-order valence-electron chi connectivity index (χ2n) is 7.89. The number of pyridine rings is 2. The van der Waals surface area contributed by atoms with Crippen LogP contribution in [0, 0.1) is 4.84 Å². The van der Waals surface area contributed by atoms with Gasteiger partial charge in [-0.25, -0.2) is 9.67 Å². The van der Waals surface area contributed by atoms with E-state index >= 15 is 0 Å². The number of fused-ring (bicyclic) bond motifs is 1. The molecule has 0 amide bonds. The zero-order valence-electron chi connectivity index (χ0n) is 17.4. The Kier molecular flexibility index (Phi) is 5.35. The van der Waals surface area contributed by atoms with Crippen LogP contribution >= 0.6 is 12.2 Å². The van der Waals surface area contributed by atoms with Crippen molar-refractivity contribution >= 4 is 23.1 Å². The Labute approximate surface area is 185 Å². The summed E-state index contributed by atoms with van der Waals surface area (Å²) in [4.78, 5) is 11.9. The lowest BCUT2D eigenvalue weighted by Crippen LogP contribution is -2.46. The Hall–Kier alpha value is -2.94. The third-order valence-electron chi connectivity index (χ3n) is 5.31. The van der Waals surface area contributed by atoms with Gasteiger partial charge in [0.05, 0.1) is 41.3 Å². The van der Waals surface area contributed by atoms with Gasteiger partial charge in [-0.3, -0.25) is 9.88 Å². The minimum absolute atomic E-state index is 0.175. The average molecular weight is 434 g/mol. The van der Waals surface area contributed by atoms with E-state index in [9.17, 15) is 0 Å². The van der Waals surface area contributed by atoms with E-state index in [-0.39, 0.29) is 12.2 Å². The fourth-order valence-corrected chi connectivity index (χ4v) is 4.27. The van der Waals surface area contributed by atoms with Crippen molar-refractivity contribution in [2.24, 2.45) is 0 Å². The number of ether oxygens (including phenoxy) is 1. The molecule has 1 saturated heterocycles. The lowest BCUT2D eigenvalue weighted by Gasteiger charge is -2.34. The molecule has 3 aromatic heterocycles. The first-order valence-corrected chi connectivity index (χ1v) is 10.7. The summed E-state index contributed by atoms with van der Waals surface area (Å²) in [6.45, 7) is 6.39. The van der Waals surface area contributed by atoms with Gasteiger partial charge >= 0.3 is 0 Å². The van der Waals surface area contributed by atoms with Crippen LogP contribution in [0.4, 0.5) is 0 Å². The summed E-state index contributed by atoms with van der Waals surface area (Å²) in [5, 5.41) is 5.68. The first kappa shape index (κ1) is 20.0. The molecule has 5 rings (SSSR count). The highest BCUT2D eigenvalue weighted by molar-refractivity contribution is 7.71. The molecular formula is C23H23N5O2S. The van der Waals surface area contributed by atoms with Crippen LogP contribution in [-0.4, -0.2) is 49.9 Å². The van der Waals surface area contributed by atoms with E-state index in [4.69, 9.17) is 31.5 Å². The van der Waals surface area contributed by atoms with Crippen molar-refractivity contribution < 1.29 is 9.15 Å². The first-order valence-electron chi connectivity index (χ1n) is 10.3. The second-order valence-corrected chi connectivity index (χ2v) is 8.24. The highest BCUT2D eigenvalue weighted by Crippen LogP contribution is 2.31. The van der Waals surface area contributed by atoms with Gasteiger partial charge in [0, 0.05) is 24.7 Å². The largest absolute Gasteiger partial charge is 0.409 e.